The third-order valence-corrected chi connectivity index (χ3v) is 4.01. The number of amides is 4. The highest BCUT2D eigenvalue weighted by Gasteiger charge is 2.29. The Morgan fingerprint density at radius 2 is 1.12 bits per heavy atom. The van der Waals surface area contributed by atoms with E-state index >= 15 is 0 Å². The second kappa shape index (κ2) is 14.3. The van der Waals surface area contributed by atoms with Crippen molar-refractivity contribution in [2.24, 2.45) is 11.5 Å². The first-order valence-corrected chi connectivity index (χ1v) is 9.41. The van der Waals surface area contributed by atoms with Gasteiger partial charge >= 0.3 is 17.9 Å². The number of nitrogens with two attached hydrogens (primary N) is 2. The van der Waals surface area contributed by atoms with Crippen molar-refractivity contribution in [2.45, 2.75) is 56.7 Å². The molecule has 32 heavy (non-hydrogen) atoms. The van der Waals surface area contributed by atoms with Crippen LogP contribution in [0.1, 0.15) is 38.5 Å². The highest BCUT2D eigenvalue weighted by molar-refractivity contribution is 5.94. The third-order valence-electron chi connectivity index (χ3n) is 4.01. The fourth-order valence-electron chi connectivity index (χ4n) is 2.34. The third kappa shape index (κ3) is 12.7. The molecule has 180 valence electrons. The quantitative estimate of drug-likeness (QED) is 0.112. The maximum Gasteiger partial charge on any atom is 0.322 e. The zero-order chi connectivity index (χ0) is 24.8. The van der Waals surface area contributed by atoms with Gasteiger partial charge in [0.15, 0.2) is 0 Å². The molecule has 0 fully saturated rings. The molecule has 10 N–H and O–H groups in total. The van der Waals surface area contributed by atoms with E-state index in [-0.39, 0.29) is 25.7 Å². The number of primary amides is 1. The van der Waals surface area contributed by atoms with Gasteiger partial charge in [-0.2, -0.15) is 0 Å². The molecule has 0 aliphatic rings. The molecule has 0 saturated carbocycles. The molecule has 0 radical (unpaired) electrons. The van der Waals surface area contributed by atoms with Gasteiger partial charge in [-0.05, 0) is 19.3 Å². The van der Waals surface area contributed by atoms with Crippen LogP contribution in [0.15, 0.2) is 0 Å². The summed E-state index contributed by atoms with van der Waals surface area (Å²) < 4.78 is 0. The largest absolute Gasteiger partial charge is 0.481 e. The van der Waals surface area contributed by atoms with Crippen LogP contribution in [0.2, 0.25) is 0 Å². The van der Waals surface area contributed by atoms with Gasteiger partial charge in [0.05, 0.1) is 6.04 Å². The van der Waals surface area contributed by atoms with E-state index < -0.39 is 79.0 Å². The highest BCUT2D eigenvalue weighted by Crippen LogP contribution is 2.04. The predicted octanol–water partition coefficient (Wildman–Crippen LogP) is -3.52. The Kier molecular flexibility index (Phi) is 12.6. The van der Waals surface area contributed by atoms with Crippen LogP contribution >= 0.6 is 0 Å². The molecule has 0 bridgehead atoms. The highest BCUT2D eigenvalue weighted by atomic mass is 16.4. The lowest BCUT2D eigenvalue weighted by Gasteiger charge is -2.23. The molecule has 0 aromatic rings. The number of hydrogen-bond donors (Lipinski definition) is 8. The van der Waals surface area contributed by atoms with E-state index in [4.69, 9.17) is 26.8 Å². The summed E-state index contributed by atoms with van der Waals surface area (Å²) in [5, 5.41) is 32.6. The normalized spacial score (nSPS) is 13.2. The van der Waals surface area contributed by atoms with Gasteiger partial charge in [-0.25, -0.2) is 0 Å². The summed E-state index contributed by atoms with van der Waals surface area (Å²) in [5.74, 6) is -7.49. The van der Waals surface area contributed by atoms with Crippen LogP contribution in [-0.2, 0) is 33.6 Å². The standard InChI is InChI=1S/C17H27N5O10/c18-8(1-5-12(24)25)15(30)21-10(2-4-11(19)23)17(32)22-9(3-6-13(26)27)16(31)20-7-14(28)29/h8-10H,1-7,18H2,(H2,19,23)(H,20,31)(H,21,30)(H,22,32)(H,24,25)(H,26,27)(H,28,29). The minimum Gasteiger partial charge on any atom is -0.481 e. The molecule has 0 aromatic carbocycles. The van der Waals surface area contributed by atoms with Crippen LogP contribution < -0.4 is 27.4 Å². The van der Waals surface area contributed by atoms with Crippen molar-refractivity contribution in [3.63, 3.8) is 0 Å². The molecule has 0 aliphatic heterocycles. The summed E-state index contributed by atoms with van der Waals surface area (Å²) in [6.07, 6.45) is -2.20. The van der Waals surface area contributed by atoms with Crippen molar-refractivity contribution < 1.29 is 48.9 Å². The number of carboxylic acid groups (broad SMARTS) is 3. The van der Waals surface area contributed by atoms with Gasteiger partial charge in [-0.3, -0.25) is 33.6 Å². The van der Waals surface area contributed by atoms with Gasteiger partial charge in [-0.1, -0.05) is 0 Å². The lowest BCUT2D eigenvalue weighted by molar-refractivity contribution is -0.140. The summed E-state index contributed by atoms with van der Waals surface area (Å²) in [6, 6.07) is -4.14. The second-order valence-electron chi connectivity index (χ2n) is 6.71. The molecule has 3 unspecified atom stereocenters. The number of carboxylic acids is 3. The number of aliphatic carboxylic acids is 3. The van der Waals surface area contributed by atoms with Crippen molar-refractivity contribution in [1.82, 2.24) is 16.0 Å². The van der Waals surface area contributed by atoms with Crippen LogP contribution in [0, 0.1) is 0 Å². The van der Waals surface area contributed by atoms with E-state index in [1.54, 1.807) is 0 Å². The molecule has 15 heteroatoms. The van der Waals surface area contributed by atoms with E-state index in [2.05, 4.69) is 10.6 Å². The number of carbonyl (C=O) groups is 7. The van der Waals surface area contributed by atoms with Gasteiger partial charge in [-0.15, -0.1) is 0 Å². The molecule has 3 atom stereocenters. The first-order valence-electron chi connectivity index (χ1n) is 9.41. The minimum atomic E-state index is -1.45. The second-order valence-corrected chi connectivity index (χ2v) is 6.71. The van der Waals surface area contributed by atoms with Gasteiger partial charge in [0, 0.05) is 19.3 Å². The Bertz CT molecular complexity index is 741. The van der Waals surface area contributed by atoms with Crippen molar-refractivity contribution in [3.8, 4) is 0 Å². The topological polar surface area (TPSA) is 268 Å². The summed E-state index contributed by atoms with van der Waals surface area (Å²) >= 11 is 0. The summed E-state index contributed by atoms with van der Waals surface area (Å²) in [4.78, 5) is 80.1. The maximum atomic E-state index is 12.6. The van der Waals surface area contributed by atoms with E-state index in [1.807, 2.05) is 5.32 Å². The summed E-state index contributed by atoms with van der Waals surface area (Å²) in [6.45, 7) is -0.779. The molecule has 0 saturated heterocycles. The Morgan fingerprint density at radius 3 is 1.62 bits per heavy atom. The Hall–Kier alpha value is -3.75. The van der Waals surface area contributed by atoms with Gasteiger partial charge < -0.3 is 42.7 Å². The molecular formula is C17H27N5O10. The SMILES string of the molecule is NC(=O)CCC(NC(=O)C(N)CCC(=O)O)C(=O)NC(CCC(=O)O)C(=O)NCC(=O)O. The molecule has 0 aromatic heterocycles. The molecule has 0 spiro atoms. The minimum absolute atomic E-state index is 0.232. The van der Waals surface area contributed by atoms with Gasteiger partial charge in [0.1, 0.15) is 18.6 Å². The van der Waals surface area contributed by atoms with Gasteiger partial charge in [0.25, 0.3) is 0 Å². The number of nitrogens with one attached hydrogen (secondary N) is 3. The lowest BCUT2D eigenvalue weighted by atomic mass is 10.1. The van der Waals surface area contributed by atoms with E-state index in [9.17, 15) is 33.6 Å². The Morgan fingerprint density at radius 1 is 0.656 bits per heavy atom. The molecule has 15 nitrogen and oxygen atoms in total. The number of hydrogen-bond acceptors (Lipinski definition) is 8. The molecule has 0 aliphatic carbocycles. The smallest absolute Gasteiger partial charge is 0.322 e. The average Bonchev–Trinajstić information content (AvgIpc) is 2.69. The summed E-state index contributed by atoms with van der Waals surface area (Å²) in [5.41, 5.74) is 10.6. The Balaban J connectivity index is 5.34. The Labute approximate surface area is 181 Å². The first kappa shape index (κ1) is 28.2. The zero-order valence-corrected chi connectivity index (χ0v) is 17.0. The first-order chi connectivity index (χ1) is 14.8. The van der Waals surface area contributed by atoms with E-state index in [0.29, 0.717) is 0 Å². The van der Waals surface area contributed by atoms with E-state index in [0.717, 1.165) is 0 Å². The van der Waals surface area contributed by atoms with Crippen molar-refractivity contribution in [2.75, 3.05) is 6.54 Å². The number of carbonyl (C=O) groups excluding carboxylic acids is 4. The predicted molar refractivity (Wildman–Crippen MR) is 105 cm³/mol. The molecular weight excluding hydrogens is 434 g/mol. The average molecular weight is 461 g/mol. The zero-order valence-electron chi connectivity index (χ0n) is 17.0. The fraction of sp³-hybridized carbons (Fsp3) is 0.588. The van der Waals surface area contributed by atoms with Crippen LogP contribution in [0.25, 0.3) is 0 Å². The van der Waals surface area contributed by atoms with Gasteiger partial charge in [0.2, 0.25) is 23.6 Å². The molecule has 0 heterocycles. The molecule has 0 rings (SSSR count). The maximum absolute atomic E-state index is 12.6. The van der Waals surface area contributed by atoms with Crippen molar-refractivity contribution >= 4 is 41.5 Å². The van der Waals surface area contributed by atoms with Crippen molar-refractivity contribution in [1.29, 1.82) is 0 Å². The fourth-order valence-corrected chi connectivity index (χ4v) is 2.34. The van der Waals surface area contributed by atoms with Crippen LogP contribution in [0.4, 0.5) is 0 Å². The van der Waals surface area contributed by atoms with Crippen LogP contribution in [-0.4, -0.2) is 81.5 Å². The number of rotatable bonds is 16. The monoisotopic (exact) mass is 461 g/mol. The summed E-state index contributed by atoms with van der Waals surface area (Å²) in [7, 11) is 0. The van der Waals surface area contributed by atoms with Crippen molar-refractivity contribution in [3.05, 3.63) is 0 Å². The molecule has 4 amide bonds. The van der Waals surface area contributed by atoms with Crippen LogP contribution in [0.5, 0.6) is 0 Å². The van der Waals surface area contributed by atoms with Crippen LogP contribution in [0.3, 0.4) is 0 Å². The van der Waals surface area contributed by atoms with E-state index in [1.165, 1.54) is 0 Å². The lowest BCUT2D eigenvalue weighted by Crippen LogP contribution is -2.56.